The average Bonchev–Trinajstić information content (AvgIpc) is 2.52. The van der Waals surface area contributed by atoms with E-state index in [1.165, 1.54) is 19.3 Å². The molecule has 0 aromatic carbocycles. The van der Waals surface area contributed by atoms with E-state index in [-0.39, 0.29) is 6.42 Å². The van der Waals surface area contributed by atoms with Gasteiger partial charge in [0, 0.05) is 12.8 Å². The highest BCUT2D eigenvalue weighted by atomic mass is 16.4. The first-order valence-electron chi connectivity index (χ1n) is 8.71. The predicted molar refractivity (Wildman–Crippen MR) is 97.6 cm³/mol. The van der Waals surface area contributed by atoms with Gasteiger partial charge in [-0.15, -0.1) is 0 Å². The van der Waals surface area contributed by atoms with Gasteiger partial charge in [0.25, 0.3) is 0 Å². The molecular formula is C20H32O3. The minimum absolute atomic E-state index is 0.228. The summed E-state index contributed by atoms with van der Waals surface area (Å²) in [6, 6.07) is 0. The monoisotopic (exact) mass is 320 g/mol. The third kappa shape index (κ3) is 18.2. The first-order chi connectivity index (χ1) is 11.2. The number of carboxylic acid groups (broad SMARTS) is 1. The summed E-state index contributed by atoms with van der Waals surface area (Å²) in [4.78, 5) is 10.3. The number of unbranched alkanes of at least 4 members (excludes halogenated alkanes) is 4. The minimum atomic E-state index is -0.739. The van der Waals surface area contributed by atoms with Crippen LogP contribution in [-0.4, -0.2) is 16.2 Å². The molecule has 3 heteroatoms. The summed E-state index contributed by atoms with van der Waals surface area (Å²) in [6.07, 6.45) is 22.9. The number of carbonyl (C=O) groups is 1. The molecule has 130 valence electrons. The number of aliphatic carboxylic acids is 1. The van der Waals surface area contributed by atoms with Gasteiger partial charge in [-0.3, -0.25) is 4.79 Å². The van der Waals surface area contributed by atoms with Crippen molar-refractivity contribution in [3.05, 3.63) is 48.3 Å². The first-order valence-corrected chi connectivity index (χ1v) is 8.71. The molecule has 0 saturated carbocycles. The average molecular weight is 320 g/mol. The van der Waals surface area contributed by atoms with Gasteiger partial charge in [0.1, 0.15) is 0 Å². The van der Waals surface area contributed by atoms with Gasteiger partial charge in [-0.1, -0.05) is 56.2 Å². The van der Waals surface area contributed by atoms with Crippen LogP contribution < -0.4 is 0 Å². The van der Waals surface area contributed by atoms with Crippen LogP contribution in [0.25, 0.3) is 0 Å². The summed E-state index contributed by atoms with van der Waals surface area (Å²) in [6.45, 7) is 2.20. The normalized spacial score (nSPS) is 12.8. The standard InChI is InChI=1S/C20H32O3/c1-2-3-4-5-7-10-13-16-19(21)17-14-11-8-6-9-12-15-18-20(22)23/h6-7,9-11,14,16,21H,2-5,8,12-13,15,17-18H2,1H3,(H,22,23)/b9-6+,10-7+,14-11+,19-16-. The Hall–Kier alpha value is -1.77. The van der Waals surface area contributed by atoms with Crippen molar-refractivity contribution in [2.45, 2.75) is 71.1 Å². The number of aliphatic hydroxyl groups is 1. The van der Waals surface area contributed by atoms with Crippen LogP contribution in [0, 0.1) is 0 Å². The maximum absolute atomic E-state index is 10.3. The molecule has 0 aliphatic carbocycles. The molecule has 0 spiro atoms. The molecule has 0 bridgehead atoms. The molecule has 0 radical (unpaired) electrons. The molecule has 0 aliphatic heterocycles. The number of rotatable bonds is 14. The van der Waals surface area contributed by atoms with Crippen LogP contribution in [0.3, 0.4) is 0 Å². The van der Waals surface area contributed by atoms with Crippen LogP contribution in [0.4, 0.5) is 0 Å². The van der Waals surface area contributed by atoms with Crippen LogP contribution in [0.15, 0.2) is 48.3 Å². The summed E-state index contributed by atoms with van der Waals surface area (Å²) in [5.74, 6) is -0.332. The molecule has 0 aromatic rings. The van der Waals surface area contributed by atoms with E-state index >= 15 is 0 Å². The lowest BCUT2D eigenvalue weighted by Gasteiger charge is -1.94. The zero-order chi connectivity index (χ0) is 17.2. The Morgan fingerprint density at radius 2 is 1.48 bits per heavy atom. The van der Waals surface area contributed by atoms with Gasteiger partial charge in [-0.25, -0.2) is 0 Å². The Morgan fingerprint density at radius 1 is 0.826 bits per heavy atom. The topological polar surface area (TPSA) is 57.5 Å². The quantitative estimate of drug-likeness (QED) is 0.231. The Morgan fingerprint density at radius 3 is 2.17 bits per heavy atom. The fourth-order valence-electron chi connectivity index (χ4n) is 1.98. The second-order valence-electron chi connectivity index (χ2n) is 5.57. The van der Waals surface area contributed by atoms with Crippen molar-refractivity contribution >= 4 is 5.97 Å². The number of aliphatic hydroxyl groups excluding tert-OH is 1. The van der Waals surface area contributed by atoms with Crippen LogP contribution in [0.5, 0.6) is 0 Å². The highest BCUT2D eigenvalue weighted by molar-refractivity contribution is 5.66. The molecule has 0 aromatic heterocycles. The largest absolute Gasteiger partial charge is 0.512 e. The van der Waals surface area contributed by atoms with Crippen molar-refractivity contribution in [1.29, 1.82) is 0 Å². The molecule has 0 saturated heterocycles. The van der Waals surface area contributed by atoms with Crippen LogP contribution in [0.1, 0.15) is 71.1 Å². The Labute approximate surface area is 141 Å². The van der Waals surface area contributed by atoms with Crippen molar-refractivity contribution in [2.75, 3.05) is 0 Å². The third-order valence-corrected chi connectivity index (χ3v) is 3.32. The summed E-state index contributed by atoms with van der Waals surface area (Å²) in [7, 11) is 0. The SMILES string of the molecule is CCCCC/C=C/C/C=C(\O)C/C=C/C/C=C/CCCC(=O)O. The molecule has 0 aliphatic rings. The first kappa shape index (κ1) is 21.2. The number of carboxylic acids is 1. The van der Waals surface area contributed by atoms with Gasteiger partial charge < -0.3 is 10.2 Å². The molecule has 0 fully saturated rings. The second-order valence-corrected chi connectivity index (χ2v) is 5.57. The number of hydrogen-bond acceptors (Lipinski definition) is 2. The van der Waals surface area contributed by atoms with E-state index < -0.39 is 5.97 Å². The third-order valence-electron chi connectivity index (χ3n) is 3.32. The van der Waals surface area contributed by atoms with Gasteiger partial charge in [0.2, 0.25) is 0 Å². The highest BCUT2D eigenvalue weighted by Crippen LogP contribution is 2.04. The lowest BCUT2D eigenvalue weighted by atomic mass is 10.2. The van der Waals surface area contributed by atoms with E-state index in [9.17, 15) is 9.90 Å². The van der Waals surface area contributed by atoms with Crippen molar-refractivity contribution in [3.63, 3.8) is 0 Å². The maximum atomic E-state index is 10.3. The summed E-state index contributed by atoms with van der Waals surface area (Å²) in [5, 5.41) is 18.2. The molecule has 0 amide bonds. The van der Waals surface area contributed by atoms with Crippen LogP contribution in [-0.2, 0) is 4.79 Å². The predicted octanol–water partition coefficient (Wildman–Crippen LogP) is 6.10. The summed E-state index contributed by atoms with van der Waals surface area (Å²) < 4.78 is 0. The van der Waals surface area contributed by atoms with Crippen molar-refractivity contribution in [1.82, 2.24) is 0 Å². The Bertz CT molecular complexity index is 403. The zero-order valence-corrected chi connectivity index (χ0v) is 14.4. The van der Waals surface area contributed by atoms with E-state index in [1.807, 2.05) is 30.4 Å². The van der Waals surface area contributed by atoms with Gasteiger partial charge in [0.05, 0.1) is 5.76 Å². The fraction of sp³-hybridized carbons (Fsp3) is 0.550. The van der Waals surface area contributed by atoms with Gasteiger partial charge >= 0.3 is 5.97 Å². The molecular weight excluding hydrogens is 288 g/mol. The molecule has 0 unspecified atom stereocenters. The van der Waals surface area contributed by atoms with Gasteiger partial charge in [-0.2, -0.15) is 0 Å². The van der Waals surface area contributed by atoms with E-state index in [2.05, 4.69) is 19.1 Å². The summed E-state index contributed by atoms with van der Waals surface area (Å²) in [5.41, 5.74) is 0. The minimum Gasteiger partial charge on any atom is -0.512 e. The number of allylic oxidation sites excluding steroid dienone is 7. The molecule has 23 heavy (non-hydrogen) atoms. The highest BCUT2D eigenvalue weighted by Gasteiger charge is 1.92. The Balaban J connectivity index is 3.62. The molecule has 2 N–H and O–H groups in total. The van der Waals surface area contributed by atoms with E-state index in [4.69, 9.17) is 5.11 Å². The second kappa shape index (κ2) is 16.6. The van der Waals surface area contributed by atoms with Gasteiger partial charge in [0.15, 0.2) is 0 Å². The van der Waals surface area contributed by atoms with E-state index in [0.717, 1.165) is 25.7 Å². The number of hydrogen-bond donors (Lipinski definition) is 2. The summed E-state index contributed by atoms with van der Waals surface area (Å²) >= 11 is 0. The smallest absolute Gasteiger partial charge is 0.303 e. The molecule has 0 rings (SSSR count). The van der Waals surface area contributed by atoms with Crippen molar-refractivity contribution in [3.8, 4) is 0 Å². The molecule has 0 atom stereocenters. The van der Waals surface area contributed by atoms with Crippen molar-refractivity contribution in [2.24, 2.45) is 0 Å². The van der Waals surface area contributed by atoms with Gasteiger partial charge in [-0.05, 0) is 44.6 Å². The fourth-order valence-corrected chi connectivity index (χ4v) is 1.98. The van der Waals surface area contributed by atoms with Crippen LogP contribution in [0.2, 0.25) is 0 Å². The lowest BCUT2D eigenvalue weighted by Crippen LogP contribution is -1.92. The molecule has 0 heterocycles. The Kier molecular flexibility index (Phi) is 15.3. The lowest BCUT2D eigenvalue weighted by molar-refractivity contribution is -0.137. The maximum Gasteiger partial charge on any atom is 0.303 e. The molecule has 3 nitrogen and oxygen atoms in total. The van der Waals surface area contributed by atoms with Crippen LogP contribution >= 0.6 is 0 Å². The van der Waals surface area contributed by atoms with E-state index in [0.29, 0.717) is 18.6 Å². The van der Waals surface area contributed by atoms with Crippen molar-refractivity contribution < 1.29 is 15.0 Å². The zero-order valence-electron chi connectivity index (χ0n) is 14.4. The van der Waals surface area contributed by atoms with E-state index in [1.54, 1.807) is 0 Å².